The van der Waals surface area contributed by atoms with Crippen molar-refractivity contribution in [1.82, 2.24) is 57.5 Å². The van der Waals surface area contributed by atoms with Crippen molar-refractivity contribution in [2.75, 3.05) is 19.6 Å². The Morgan fingerprint density at radius 2 is 1.13 bits per heavy atom. The molecule has 0 aliphatic heterocycles. The van der Waals surface area contributed by atoms with E-state index in [9.17, 15) is 43.2 Å². The Bertz CT molecular complexity index is 2840. The number of unbranched alkanes of at least 4 members (excludes halogenated alkanes) is 1. The van der Waals surface area contributed by atoms with Gasteiger partial charge in [-0.2, -0.15) is 0 Å². The van der Waals surface area contributed by atoms with Crippen LogP contribution in [0.2, 0.25) is 0 Å². The van der Waals surface area contributed by atoms with Crippen LogP contribution in [0.15, 0.2) is 109 Å². The molecule has 0 bridgehead atoms. The molecule has 0 unspecified atom stereocenters. The van der Waals surface area contributed by atoms with Crippen molar-refractivity contribution < 1.29 is 43.2 Å². The molecule has 5 rings (SSSR count). The first kappa shape index (κ1) is 60.8. The molecule has 5 aromatic rings. The summed E-state index contributed by atoms with van der Waals surface area (Å²) in [6, 6.07) is 17.8. The molecule has 0 aliphatic rings. The smallest absolute Gasteiger partial charge is 0.243 e. The highest BCUT2D eigenvalue weighted by molar-refractivity contribution is 5.98. The van der Waals surface area contributed by atoms with Crippen molar-refractivity contribution in [3.05, 3.63) is 126 Å². The number of nitrogens with two attached hydrogens (primary N) is 3. The SMILES string of the molecule is CCCC[C@H](NC(C)=O)C(=O)N[C@@H](CCC(N)=O)C(=O)N[C@@H](Cc1cnc[nH]1)C(=O)N[C@H](Cc1ccccc1)C(=O)N[C@@H](CCCN=C(N)N)C(=O)N[C@H](Cc1c[nH]c2ccccc12)C(=O)NCC(=O)NCCc1ccccc1. The third-order valence-electron chi connectivity index (χ3n) is 12.7. The summed E-state index contributed by atoms with van der Waals surface area (Å²) in [6.45, 7) is 3.15. The quantitative estimate of drug-likeness (QED) is 0.0148. The number of rotatable bonds is 33. The van der Waals surface area contributed by atoms with Crippen molar-refractivity contribution in [3.8, 4) is 0 Å². The fourth-order valence-electron chi connectivity index (χ4n) is 8.57. The van der Waals surface area contributed by atoms with E-state index in [1.165, 1.54) is 19.4 Å². The summed E-state index contributed by atoms with van der Waals surface area (Å²) >= 11 is 0. The fraction of sp³-hybridized carbons (Fsp3) is 0.400. The molecule has 0 saturated heterocycles. The summed E-state index contributed by atoms with van der Waals surface area (Å²) in [5.41, 5.74) is 20.2. The van der Waals surface area contributed by atoms with Gasteiger partial charge in [-0.25, -0.2) is 4.98 Å². The summed E-state index contributed by atoms with van der Waals surface area (Å²) in [5.74, 6) is -6.58. The van der Waals surface area contributed by atoms with Gasteiger partial charge in [0.25, 0.3) is 0 Å². The highest BCUT2D eigenvalue weighted by Crippen LogP contribution is 2.20. The Kier molecular flexibility index (Phi) is 24.5. The molecule has 2 aromatic heterocycles. The van der Waals surface area contributed by atoms with E-state index in [0.717, 1.165) is 16.5 Å². The van der Waals surface area contributed by atoms with Crippen LogP contribution in [0.4, 0.5) is 0 Å². The number of fused-ring (bicyclic) bond motifs is 1. The number of nitrogens with zero attached hydrogens (tertiary/aromatic N) is 2. The average molecular weight is 1090 g/mol. The lowest BCUT2D eigenvalue weighted by Gasteiger charge is -2.28. The van der Waals surface area contributed by atoms with Crippen LogP contribution < -0.4 is 59.7 Å². The number of aromatic amines is 2. The summed E-state index contributed by atoms with van der Waals surface area (Å²) in [4.78, 5) is 137. The standard InChI is InChI=1S/C55H73N15O9/c1-3-4-19-41(65-34(2)71)50(75)67-43(22-23-47(56)72)52(77)70-46(29-38-31-59-33-64-38)54(79)68-44(27-36-16-9-6-10-17-36)53(78)66-42(21-13-25-61-55(57)58)51(76)69-45(28-37-30-62-40-20-12-11-18-39(37)40)49(74)63-32-48(73)60-26-24-35-14-7-5-8-15-35/h5-12,14-18,20,30-31,33,41-46,62H,3-4,13,19,21-29,32H2,1-2H3,(H2,56,72)(H,59,64)(H,60,73)(H,63,74)(H,65,71)(H,66,78)(H,67,75)(H,68,79)(H,69,76)(H,70,77)(H4,57,58,61)/t41-,42-,43-,44+,45+,46-/m0/s1. The van der Waals surface area contributed by atoms with Gasteiger partial charge in [0.05, 0.1) is 12.9 Å². The second-order valence-electron chi connectivity index (χ2n) is 19.0. The molecule has 0 fully saturated rings. The highest BCUT2D eigenvalue weighted by Gasteiger charge is 2.34. The zero-order chi connectivity index (χ0) is 57.1. The number of H-pyrrole nitrogens is 2. The minimum absolute atomic E-state index is 0.0240. The van der Waals surface area contributed by atoms with Crippen molar-refractivity contribution in [3.63, 3.8) is 0 Å². The maximum atomic E-state index is 14.7. The van der Waals surface area contributed by atoms with Gasteiger partial charge in [0.15, 0.2) is 5.96 Å². The molecule has 9 amide bonds. The number of benzene rings is 3. The maximum Gasteiger partial charge on any atom is 0.243 e. The van der Waals surface area contributed by atoms with Gasteiger partial charge in [0.1, 0.15) is 36.3 Å². The van der Waals surface area contributed by atoms with Gasteiger partial charge in [-0.15, -0.1) is 0 Å². The number of primary amides is 1. The highest BCUT2D eigenvalue weighted by atomic mass is 16.2. The van der Waals surface area contributed by atoms with Crippen LogP contribution in [0, 0.1) is 0 Å². The van der Waals surface area contributed by atoms with E-state index >= 15 is 0 Å². The Morgan fingerprint density at radius 3 is 1.72 bits per heavy atom. The lowest BCUT2D eigenvalue weighted by Crippen LogP contribution is -2.60. The summed E-state index contributed by atoms with van der Waals surface area (Å²) < 4.78 is 0. The largest absolute Gasteiger partial charge is 0.370 e. The molecule has 24 heteroatoms. The number of carbonyl (C=O) groups excluding carboxylic acids is 9. The van der Waals surface area contributed by atoms with E-state index in [2.05, 4.69) is 62.5 Å². The van der Waals surface area contributed by atoms with Gasteiger partial charge < -0.3 is 69.7 Å². The van der Waals surface area contributed by atoms with Crippen LogP contribution in [0.3, 0.4) is 0 Å². The second kappa shape index (κ2) is 31.8. The normalized spacial score (nSPS) is 13.2. The predicted octanol–water partition coefficient (Wildman–Crippen LogP) is -0.168. The molecule has 0 radical (unpaired) electrons. The van der Waals surface area contributed by atoms with Crippen LogP contribution in [0.1, 0.15) is 81.2 Å². The Labute approximate surface area is 457 Å². The maximum absolute atomic E-state index is 14.7. The van der Waals surface area contributed by atoms with Gasteiger partial charge in [0.2, 0.25) is 53.2 Å². The molecular formula is C55H73N15O9. The zero-order valence-electron chi connectivity index (χ0n) is 44.5. The van der Waals surface area contributed by atoms with Crippen LogP contribution in [0.25, 0.3) is 10.9 Å². The number of guanidine groups is 1. The van der Waals surface area contributed by atoms with Gasteiger partial charge in [-0.1, -0.05) is 98.6 Å². The van der Waals surface area contributed by atoms with E-state index in [1.54, 1.807) is 36.5 Å². The minimum atomic E-state index is -1.44. The molecule has 422 valence electrons. The number of hydrogen-bond donors (Lipinski definition) is 13. The Hall–Kier alpha value is -9.09. The molecule has 16 N–H and O–H groups in total. The van der Waals surface area contributed by atoms with Crippen molar-refractivity contribution >= 4 is 70.0 Å². The topological polar surface area (TPSA) is 385 Å². The molecule has 2 heterocycles. The van der Waals surface area contributed by atoms with Crippen molar-refractivity contribution in [1.29, 1.82) is 0 Å². The monoisotopic (exact) mass is 1090 g/mol. The molecule has 0 saturated carbocycles. The summed E-state index contributed by atoms with van der Waals surface area (Å²) in [5, 5.41) is 22.4. The van der Waals surface area contributed by atoms with E-state index in [-0.39, 0.29) is 63.9 Å². The number of para-hydroxylation sites is 1. The van der Waals surface area contributed by atoms with Crippen LogP contribution in [-0.2, 0) is 68.8 Å². The fourth-order valence-corrected chi connectivity index (χ4v) is 8.57. The molecule has 79 heavy (non-hydrogen) atoms. The number of nitrogens with one attached hydrogen (secondary N) is 10. The Morgan fingerprint density at radius 1 is 0.582 bits per heavy atom. The lowest BCUT2D eigenvalue weighted by molar-refractivity contribution is -0.135. The van der Waals surface area contributed by atoms with Gasteiger partial charge in [-0.3, -0.25) is 48.1 Å². The van der Waals surface area contributed by atoms with Crippen molar-refractivity contribution in [2.45, 2.75) is 121 Å². The van der Waals surface area contributed by atoms with Crippen LogP contribution >= 0.6 is 0 Å². The van der Waals surface area contributed by atoms with Gasteiger partial charge in [0, 0.05) is 74.7 Å². The zero-order valence-corrected chi connectivity index (χ0v) is 44.5. The van der Waals surface area contributed by atoms with Gasteiger partial charge in [-0.05, 0) is 54.9 Å². The lowest BCUT2D eigenvalue weighted by atomic mass is 10.0. The average Bonchev–Trinajstić information content (AvgIpc) is 4.12. The number of aliphatic imine (C=N–C) groups is 1. The van der Waals surface area contributed by atoms with E-state index < -0.39 is 96.0 Å². The third-order valence-corrected chi connectivity index (χ3v) is 12.7. The van der Waals surface area contributed by atoms with Crippen LogP contribution in [-0.4, -0.2) is 130 Å². The molecule has 0 aliphatic carbocycles. The first-order valence-corrected chi connectivity index (χ1v) is 26.3. The minimum Gasteiger partial charge on any atom is -0.370 e. The molecule has 6 atom stereocenters. The molecular weight excluding hydrogens is 1010 g/mol. The number of aromatic nitrogens is 3. The summed E-state index contributed by atoms with van der Waals surface area (Å²) in [7, 11) is 0. The first-order valence-electron chi connectivity index (χ1n) is 26.3. The van der Waals surface area contributed by atoms with Gasteiger partial charge >= 0.3 is 0 Å². The van der Waals surface area contributed by atoms with Crippen molar-refractivity contribution in [2.24, 2.45) is 22.2 Å². The number of imidazole rings is 1. The molecule has 0 spiro atoms. The third kappa shape index (κ3) is 21.1. The molecule has 24 nitrogen and oxygen atoms in total. The predicted molar refractivity (Wildman–Crippen MR) is 296 cm³/mol. The second-order valence-corrected chi connectivity index (χ2v) is 19.0. The van der Waals surface area contributed by atoms with E-state index in [0.29, 0.717) is 42.6 Å². The number of hydrogen-bond acceptors (Lipinski definition) is 11. The Balaban J connectivity index is 1.40. The first-order chi connectivity index (χ1) is 38.0. The summed E-state index contributed by atoms with van der Waals surface area (Å²) in [6.07, 6.45) is 5.84. The number of carbonyl (C=O) groups is 9. The van der Waals surface area contributed by atoms with E-state index in [4.69, 9.17) is 17.2 Å². The molecule has 3 aromatic carbocycles. The van der Waals surface area contributed by atoms with Crippen LogP contribution in [0.5, 0.6) is 0 Å². The van der Waals surface area contributed by atoms with E-state index in [1.807, 2.05) is 61.5 Å². The number of amides is 9.